The van der Waals surface area contributed by atoms with Crippen molar-refractivity contribution in [1.82, 2.24) is 5.32 Å². The summed E-state index contributed by atoms with van der Waals surface area (Å²) in [4.78, 5) is 0. The molecule has 0 aliphatic rings. The van der Waals surface area contributed by atoms with Gasteiger partial charge in [0, 0.05) is 19.7 Å². The molecule has 0 spiro atoms. The standard InChI is InChI=1S/C17H23NO/c1-4-19-17(2,3)13-18-12-14-9-10-15-7-5-6-8-16(15)11-14/h5-11,18H,4,12-13H2,1-3H3. The SMILES string of the molecule is CCOC(C)(C)CNCc1ccc2ccccc2c1. The molecule has 0 bridgehead atoms. The van der Waals surface area contributed by atoms with Crippen molar-refractivity contribution in [2.24, 2.45) is 0 Å². The number of nitrogens with one attached hydrogen (secondary N) is 1. The van der Waals surface area contributed by atoms with Crippen molar-refractivity contribution in [3.8, 4) is 0 Å². The zero-order valence-corrected chi connectivity index (χ0v) is 12.1. The second-order valence-electron chi connectivity index (χ2n) is 5.48. The maximum Gasteiger partial charge on any atom is 0.0750 e. The Morgan fingerprint density at radius 1 is 1.05 bits per heavy atom. The molecule has 0 unspecified atom stereocenters. The third-order valence-corrected chi connectivity index (χ3v) is 3.23. The number of hydrogen-bond acceptors (Lipinski definition) is 2. The first-order valence-electron chi connectivity index (χ1n) is 6.93. The van der Waals surface area contributed by atoms with Gasteiger partial charge < -0.3 is 10.1 Å². The van der Waals surface area contributed by atoms with Crippen LogP contribution in [0.4, 0.5) is 0 Å². The molecule has 19 heavy (non-hydrogen) atoms. The van der Waals surface area contributed by atoms with Gasteiger partial charge in [0.2, 0.25) is 0 Å². The summed E-state index contributed by atoms with van der Waals surface area (Å²) in [6, 6.07) is 15.1. The normalized spacial score (nSPS) is 11.9. The highest BCUT2D eigenvalue weighted by Gasteiger charge is 2.16. The first-order valence-corrected chi connectivity index (χ1v) is 6.93. The van der Waals surface area contributed by atoms with Gasteiger partial charge in [0.15, 0.2) is 0 Å². The second-order valence-corrected chi connectivity index (χ2v) is 5.48. The molecule has 0 aromatic heterocycles. The van der Waals surface area contributed by atoms with Gasteiger partial charge in [-0.2, -0.15) is 0 Å². The van der Waals surface area contributed by atoms with Gasteiger partial charge >= 0.3 is 0 Å². The molecule has 0 heterocycles. The number of benzene rings is 2. The third-order valence-electron chi connectivity index (χ3n) is 3.23. The molecule has 0 fully saturated rings. The highest BCUT2D eigenvalue weighted by Crippen LogP contribution is 2.15. The molecule has 0 amide bonds. The van der Waals surface area contributed by atoms with Crippen LogP contribution in [0.25, 0.3) is 10.8 Å². The lowest BCUT2D eigenvalue weighted by Gasteiger charge is -2.25. The minimum Gasteiger partial charge on any atom is -0.375 e. The Balaban J connectivity index is 1.95. The van der Waals surface area contributed by atoms with Crippen LogP contribution in [-0.2, 0) is 11.3 Å². The fraction of sp³-hybridized carbons (Fsp3) is 0.412. The quantitative estimate of drug-likeness (QED) is 0.851. The van der Waals surface area contributed by atoms with Gasteiger partial charge in [-0.1, -0.05) is 36.4 Å². The second kappa shape index (κ2) is 6.18. The van der Waals surface area contributed by atoms with Gasteiger partial charge in [-0.3, -0.25) is 0 Å². The van der Waals surface area contributed by atoms with E-state index >= 15 is 0 Å². The average molecular weight is 257 g/mol. The summed E-state index contributed by atoms with van der Waals surface area (Å²) in [5, 5.41) is 6.06. The molecule has 102 valence electrons. The molecule has 2 nitrogen and oxygen atoms in total. The van der Waals surface area contributed by atoms with Crippen molar-refractivity contribution in [2.75, 3.05) is 13.2 Å². The topological polar surface area (TPSA) is 21.3 Å². The monoisotopic (exact) mass is 257 g/mol. The van der Waals surface area contributed by atoms with E-state index < -0.39 is 0 Å². The largest absolute Gasteiger partial charge is 0.375 e. The Hall–Kier alpha value is -1.38. The fourth-order valence-corrected chi connectivity index (χ4v) is 2.30. The average Bonchev–Trinajstić information content (AvgIpc) is 2.38. The van der Waals surface area contributed by atoms with Crippen molar-refractivity contribution >= 4 is 10.8 Å². The molecule has 0 saturated heterocycles. The van der Waals surface area contributed by atoms with E-state index in [0.717, 1.165) is 19.7 Å². The van der Waals surface area contributed by atoms with Crippen LogP contribution in [0.1, 0.15) is 26.3 Å². The van der Waals surface area contributed by atoms with Crippen LogP contribution in [0.2, 0.25) is 0 Å². The van der Waals surface area contributed by atoms with Gasteiger partial charge in [0.05, 0.1) is 5.60 Å². The summed E-state index contributed by atoms with van der Waals surface area (Å²) in [7, 11) is 0. The Kier molecular flexibility index (Phi) is 4.56. The van der Waals surface area contributed by atoms with Gasteiger partial charge in [-0.15, -0.1) is 0 Å². The van der Waals surface area contributed by atoms with Crippen LogP contribution in [0.3, 0.4) is 0 Å². The van der Waals surface area contributed by atoms with E-state index in [0.29, 0.717) is 0 Å². The maximum absolute atomic E-state index is 5.68. The van der Waals surface area contributed by atoms with E-state index in [2.05, 4.69) is 61.6 Å². The lowest BCUT2D eigenvalue weighted by Crippen LogP contribution is -2.37. The van der Waals surface area contributed by atoms with E-state index in [1.807, 2.05) is 6.92 Å². The summed E-state index contributed by atoms with van der Waals surface area (Å²) in [6.07, 6.45) is 0. The van der Waals surface area contributed by atoms with Crippen molar-refractivity contribution in [1.29, 1.82) is 0 Å². The smallest absolute Gasteiger partial charge is 0.0750 e. The van der Waals surface area contributed by atoms with Crippen molar-refractivity contribution in [3.63, 3.8) is 0 Å². The van der Waals surface area contributed by atoms with Gasteiger partial charge in [-0.25, -0.2) is 0 Å². The van der Waals surface area contributed by atoms with Gasteiger partial charge in [0.25, 0.3) is 0 Å². The van der Waals surface area contributed by atoms with E-state index in [9.17, 15) is 0 Å². The van der Waals surface area contributed by atoms with Crippen molar-refractivity contribution in [3.05, 3.63) is 48.0 Å². The van der Waals surface area contributed by atoms with Crippen molar-refractivity contribution < 1.29 is 4.74 Å². The van der Waals surface area contributed by atoms with Crippen molar-refractivity contribution in [2.45, 2.75) is 32.9 Å². The molecule has 0 radical (unpaired) electrons. The van der Waals surface area contributed by atoms with E-state index in [-0.39, 0.29) is 5.60 Å². The number of hydrogen-bond donors (Lipinski definition) is 1. The Bertz CT molecular complexity index is 534. The maximum atomic E-state index is 5.68. The summed E-state index contributed by atoms with van der Waals surface area (Å²) < 4.78 is 5.68. The van der Waals surface area contributed by atoms with Gasteiger partial charge in [-0.05, 0) is 43.2 Å². The number of fused-ring (bicyclic) bond motifs is 1. The lowest BCUT2D eigenvalue weighted by molar-refractivity contribution is -0.00897. The molecule has 1 N–H and O–H groups in total. The first kappa shape index (κ1) is 14.0. The third kappa shape index (κ3) is 4.05. The molecule has 2 aromatic rings. The summed E-state index contributed by atoms with van der Waals surface area (Å²) in [5.41, 5.74) is 1.21. The van der Waals surface area contributed by atoms with Crippen LogP contribution in [0.5, 0.6) is 0 Å². The van der Waals surface area contributed by atoms with Crippen LogP contribution in [0, 0.1) is 0 Å². The van der Waals surface area contributed by atoms with E-state index in [4.69, 9.17) is 4.74 Å². The zero-order valence-electron chi connectivity index (χ0n) is 12.1. The first-order chi connectivity index (χ1) is 9.11. The zero-order chi connectivity index (χ0) is 13.7. The predicted octanol–water partition coefficient (Wildman–Crippen LogP) is 3.74. The molecule has 2 rings (SSSR count). The summed E-state index contributed by atoms with van der Waals surface area (Å²) >= 11 is 0. The molecular weight excluding hydrogens is 234 g/mol. The summed E-state index contributed by atoms with van der Waals surface area (Å²) in [5.74, 6) is 0. The highest BCUT2D eigenvalue weighted by atomic mass is 16.5. The Morgan fingerprint density at radius 2 is 1.79 bits per heavy atom. The molecule has 0 aliphatic heterocycles. The van der Waals surface area contributed by atoms with Crippen LogP contribution in [0.15, 0.2) is 42.5 Å². The fourth-order valence-electron chi connectivity index (χ4n) is 2.30. The van der Waals surface area contributed by atoms with Crippen LogP contribution < -0.4 is 5.32 Å². The molecule has 0 saturated carbocycles. The molecular formula is C17H23NO. The molecule has 0 atom stereocenters. The molecule has 0 aliphatic carbocycles. The van der Waals surface area contributed by atoms with Gasteiger partial charge in [0.1, 0.15) is 0 Å². The van der Waals surface area contributed by atoms with E-state index in [1.165, 1.54) is 16.3 Å². The predicted molar refractivity (Wildman–Crippen MR) is 81.4 cm³/mol. The number of rotatable bonds is 6. The Morgan fingerprint density at radius 3 is 2.53 bits per heavy atom. The molecule has 2 aromatic carbocycles. The number of ether oxygens (including phenoxy) is 1. The summed E-state index contributed by atoms with van der Waals surface area (Å²) in [6.45, 7) is 8.75. The van der Waals surface area contributed by atoms with E-state index in [1.54, 1.807) is 0 Å². The minimum atomic E-state index is -0.106. The lowest BCUT2D eigenvalue weighted by atomic mass is 10.1. The minimum absolute atomic E-state index is 0.106. The highest BCUT2D eigenvalue weighted by molar-refractivity contribution is 5.82. The Labute approximate surface area is 115 Å². The van der Waals surface area contributed by atoms with Crippen LogP contribution in [-0.4, -0.2) is 18.8 Å². The van der Waals surface area contributed by atoms with Crippen LogP contribution >= 0.6 is 0 Å². The molecule has 2 heteroatoms.